The molecule has 1 aliphatic heterocycles. The van der Waals surface area contributed by atoms with E-state index < -0.39 is 17.9 Å². The lowest BCUT2D eigenvalue weighted by molar-refractivity contribution is -0.147. The summed E-state index contributed by atoms with van der Waals surface area (Å²) in [7, 11) is 0. The third-order valence-electron chi connectivity index (χ3n) is 2.01. The Morgan fingerprint density at radius 3 is 2.77 bits per heavy atom. The van der Waals surface area contributed by atoms with Gasteiger partial charge in [0.1, 0.15) is 0 Å². The Hall–Kier alpha value is -1.14. The smallest absolute Gasteiger partial charge is 0.323 e. The molecule has 0 aromatic carbocycles. The van der Waals surface area contributed by atoms with Gasteiger partial charge in [0.15, 0.2) is 0 Å². The van der Waals surface area contributed by atoms with E-state index in [0.717, 1.165) is 0 Å². The monoisotopic (exact) mass is 187 g/mol. The van der Waals surface area contributed by atoms with Crippen molar-refractivity contribution in [2.75, 3.05) is 13.1 Å². The first-order valence-corrected chi connectivity index (χ1v) is 4.13. The summed E-state index contributed by atoms with van der Waals surface area (Å²) < 4.78 is 0. The number of hydrazine groups is 1. The second kappa shape index (κ2) is 4.20. The molecule has 0 bridgehead atoms. The van der Waals surface area contributed by atoms with Gasteiger partial charge >= 0.3 is 11.8 Å². The van der Waals surface area contributed by atoms with Crippen LogP contribution in [0.4, 0.5) is 0 Å². The molecule has 1 unspecified atom stereocenters. The molecular weight excluding hydrogens is 174 g/mol. The van der Waals surface area contributed by atoms with Gasteiger partial charge in [0.2, 0.25) is 0 Å². The van der Waals surface area contributed by atoms with Crippen molar-refractivity contribution >= 4 is 11.8 Å². The normalized spacial score (nSPS) is 22.6. The Labute approximate surface area is 75.7 Å². The summed E-state index contributed by atoms with van der Waals surface area (Å²) in [4.78, 5) is 23.3. The predicted molar refractivity (Wildman–Crippen MR) is 44.2 cm³/mol. The number of aliphatic hydroxyl groups excluding tert-OH is 1. The van der Waals surface area contributed by atoms with Crippen LogP contribution in [0.5, 0.6) is 0 Å². The Morgan fingerprint density at radius 2 is 2.23 bits per heavy atom. The Balaban J connectivity index is 2.51. The van der Waals surface area contributed by atoms with Crippen LogP contribution in [0, 0.1) is 0 Å². The van der Waals surface area contributed by atoms with Crippen molar-refractivity contribution in [3.63, 3.8) is 0 Å². The van der Waals surface area contributed by atoms with Crippen LogP contribution in [-0.2, 0) is 9.59 Å². The highest BCUT2D eigenvalue weighted by Crippen LogP contribution is 2.09. The number of piperidine rings is 1. The van der Waals surface area contributed by atoms with Crippen LogP contribution in [0.3, 0.4) is 0 Å². The van der Waals surface area contributed by atoms with Crippen LogP contribution in [0.2, 0.25) is 0 Å². The summed E-state index contributed by atoms with van der Waals surface area (Å²) in [5, 5.41) is 9.23. The standard InChI is InChI=1S/C7H13N3O3/c8-9-6(12)7(13)10-3-1-2-5(11)4-10/h5,11H,1-4,8H2,(H,9,12). The summed E-state index contributed by atoms with van der Waals surface area (Å²) in [6.07, 6.45) is 0.863. The van der Waals surface area contributed by atoms with Crippen LogP contribution in [0.1, 0.15) is 12.8 Å². The Morgan fingerprint density at radius 1 is 1.54 bits per heavy atom. The second-order valence-corrected chi connectivity index (χ2v) is 3.02. The first kappa shape index (κ1) is 9.94. The van der Waals surface area contributed by atoms with Crippen molar-refractivity contribution in [1.29, 1.82) is 0 Å². The van der Waals surface area contributed by atoms with Gasteiger partial charge in [-0.15, -0.1) is 0 Å². The molecule has 0 aromatic rings. The number of β-amino-alcohol motifs (C(OH)–C–C–N with tert-alkyl or cyclic N) is 1. The van der Waals surface area contributed by atoms with Gasteiger partial charge < -0.3 is 10.0 Å². The zero-order valence-electron chi connectivity index (χ0n) is 7.19. The van der Waals surface area contributed by atoms with Gasteiger partial charge in [0.25, 0.3) is 0 Å². The molecule has 74 valence electrons. The number of hydrogen-bond donors (Lipinski definition) is 3. The quantitative estimate of drug-likeness (QED) is 0.176. The highest BCUT2D eigenvalue weighted by atomic mass is 16.3. The van der Waals surface area contributed by atoms with Crippen molar-refractivity contribution in [2.24, 2.45) is 5.84 Å². The number of likely N-dealkylation sites (tertiary alicyclic amines) is 1. The van der Waals surface area contributed by atoms with Gasteiger partial charge in [-0.05, 0) is 12.8 Å². The zero-order chi connectivity index (χ0) is 9.84. The molecule has 0 spiro atoms. The molecule has 6 nitrogen and oxygen atoms in total. The average molecular weight is 187 g/mol. The lowest BCUT2D eigenvalue weighted by atomic mass is 10.1. The number of nitrogens with two attached hydrogens (primary N) is 1. The predicted octanol–water partition coefficient (Wildman–Crippen LogP) is -2.04. The first-order valence-electron chi connectivity index (χ1n) is 4.13. The topological polar surface area (TPSA) is 95.7 Å². The Kier molecular flexibility index (Phi) is 3.21. The number of hydrogen-bond acceptors (Lipinski definition) is 4. The molecule has 0 aromatic heterocycles. The summed E-state index contributed by atoms with van der Waals surface area (Å²) in [5.41, 5.74) is 1.77. The maximum absolute atomic E-state index is 11.2. The first-order chi connectivity index (χ1) is 6.15. The van der Waals surface area contributed by atoms with E-state index in [2.05, 4.69) is 0 Å². The zero-order valence-corrected chi connectivity index (χ0v) is 7.19. The van der Waals surface area contributed by atoms with E-state index in [1.807, 2.05) is 0 Å². The van der Waals surface area contributed by atoms with E-state index in [1.165, 1.54) is 4.90 Å². The van der Waals surface area contributed by atoms with Crippen molar-refractivity contribution in [3.8, 4) is 0 Å². The summed E-state index contributed by atoms with van der Waals surface area (Å²) in [6, 6.07) is 0. The van der Waals surface area contributed by atoms with E-state index in [0.29, 0.717) is 19.4 Å². The molecule has 6 heteroatoms. The van der Waals surface area contributed by atoms with E-state index in [4.69, 9.17) is 5.84 Å². The van der Waals surface area contributed by atoms with Crippen molar-refractivity contribution in [1.82, 2.24) is 10.3 Å². The van der Waals surface area contributed by atoms with Gasteiger partial charge in [-0.25, -0.2) is 5.84 Å². The molecule has 2 amide bonds. The minimum absolute atomic E-state index is 0.215. The second-order valence-electron chi connectivity index (χ2n) is 3.02. The van der Waals surface area contributed by atoms with Crippen LogP contribution >= 0.6 is 0 Å². The molecule has 1 saturated heterocycles. The van der Waals surface area contributed by atoms with Gasteiger partial charge in [-0.1, -0.05) is 0 Å². The van der Waals surface area contributed by atoms with E-state index in [1.54, 1.807) is 5.43 Å². The molecular formula is C7H13N3O3. The lowest BCUT2D eigenvalue weighted by Crippen LogP contribution is -2.50. The van der Waals surface area contributed by atoms with Gasteiger partial charge in [0, 0.05) is 13.1 Å². The van der Waals surface area contributed by atoms with Crippen LogP contribution < -0.4 is 11.3 Å². The average Bonchev–Trinajstić information content (AvgIpc) is 2.15. The van der Waals surface area contributed by atoms with E-state index >= 15 is 0 Å². The SMILES string of the molecule is NNC(=O)C(=O)N1CCCC(O)C1. The van der Waals surface area contributed by atoms with Crippen molar-refractivity contribution in [3.05, 3.63) is 0 Å². The maximum atomic E-state index is 11.2. The molecule has 1 aliphatic rings. The molecule has 1 heterocycles. The van der Waals surface area contributed by atoms with Crippen molar-refractivity contribution in [2.45, 2.75) is 18.9 Å². The number of nitrogens with one attached hydrogen (secondary N) is 1. The molecule has 1 rings (SSSR count). The fraction of sp³-hybridized carbons (Fsp3) is 0.714. The molecule has 0 aliphatic carbocycles. The number of amides is 2. The summed E-state index contributed by atoms with van der Waals surface area (Å²) in [5.74, 6) is 3.29. The fourth-order valence-electron chi connectivity index (χ4n) is 1.34. The van der Waals surface area contributed by atoms with Crippen LogP contribution in [0.15, 0.2) is 0 Å². The number of rotatable bonds is 0. The third kappa shape index (κ3) is 2.40. The summed E-state index contributed by atoms with van der Waals surface area (Å²) in [6.45, 7) is 0.718. The van der Waals surface area contributed by atoms with Gasteiger partial charge in [0.05, 0.1) is 6.10 Å². The lowest BCUT2D eigenvalue weighted by Gasteiger charge is -2.29. The summed E-state index contributed by atoms with van der Waals surface area (Å²) >= 11 is 0. The molecule has 0 radical (unpaired) electrons. The highest BCUT2D eigenvalue weighted by molar-refractivity contribution is 6.34. The van der Waals surface area contributed by atoms with Gasteiger partial charge in [-0.3, -0.25) is 15.0 Å². The van der Waals surface area contributed by atoms with Crippen molar-refractivity contribution < 1.29 is 14.7 Å². The molecule has 4 N–H and O–H groups in total. The molecule has 1 fully saturated rings. The molecule has 13 heavy (non-hydrogen) atoms. The number of carbonyl (C=O) groups is 2. The number of carbonyl (C=O) groups excluding carboxylic acids is 2. The third-order valence-corrected chi connectivity index (χ3v) is 2.01. The highest BCUT2D eigenvalue weighted by Gasteiger charge is 2.25. The largest absolute Gasteiger partial charge is 0.391 e. The fourth-order valence-corrected chi connectivity index (χ4v) is 1.34. The number of nitrogens with zero attached hydrogens (tertiary/aromatic N) is 1. The van der Waals surface area contributed by atoms with Crippen LogP contribution in [0.25, 0.3) is 0 Å². The van der Waals surface area contributed by atoms with Crippen LogP contribution in [-0.4, -0.2) is 41.0 Å². The number of aliphatic hydroxyl groups is 1. The minimum atomic E-state index is -0.839. The van der Waals surface area contributed by atoms with Gasteiger partial charge in [-0.2, -0.15) is 0 Å². The van der Waals surface area contributed by atoms with E-state index in [-0.39, 0.29) is 6.54 Å². The maximum Gasteiger partial charge on any atom is 0.323 e. The minimum Gasteiger partial charge on any atom is -0.391 e. The molecule has 1 atom stereocenters. The van der Waals surface area contributed by atoms with E-state index in [9.17, 15) is 14.7 Å². The Bertz CT molecular complexity index is 219. The molecule has 0 saturated carbocycles.